The smallest absolute Gasteiger partial charge is 0.260 e. The van der Waals surface area contributed by atoms with Crippen molar-refractivity contribution < 1.29 is 10.2 Å². The minimum absolute atomic E-state index is 0. The van der Waals surface area contributed by atoms with Crippen molar-refractivity contribution in [3.63, 3.8) is 0 Å². The van der Waals surface area contributed by atoms with Crippen molar-refractivity contribution in [3.05, 3.63) is 64.6 Å². The number of hydrogen-bond acceptors (Lipinski definition) is 8. The van der Waals surface area contributed by atoms with Gasteiger partial charge < -0.3 is 25.1 Å². The van der Waals surface area contributed by atoms with Crippen molar-refractivity contribution in [1.82, 2.24) is 29.7 Å². The van der Waals surface area contributed by atoms with Crippen LogP contribution in [0.25, 0.3) is 21.8 Å². The second-order valence-electron chi connectivity index (χ2n) is 8.55. The fraction of sp³-hybridized carbons (Fsp3) is 0.333. The molecule has 10 nitrogen and oxygen atoms in total. The first-order valence-corrected chi connectivity index (χ1v) is 13.0. The Morgan fingerprint density at radius 3 is 1.45 bits per heavy atom. The lowest BCUT2D eigenvalue weighted by molar-refractivity contribution is 0.288. The number of rotatable bonds is 6. The largest absolute Gasteiger partial charge is 0.504 e. The molecule has 4 rings (SSSR count). The lowest BCUT2D eigenvalue weighted by Crippen LogP contribution is -2.25. The van der Waals surface area contributed by atoms with Gasteiger partial charge in [0, 0.05) is 0 Å². The van der Waals surface area contributed by atoms with Crippen molar-refractivity contribution >= 4 is 102 Å². The van der Waals surface area contributed by atoms with Crippen LogP contribution < -0.4 is 11.1 Å². The Balaban J connectivity index is 0.000000383. The molecule has 0 fully saturated rings. The van der Waals surface area contributed by atoms with E-state index in [0.29, 0.717) is 24.7 Å². The Labute approximate surface area is 270 Å². The molecule has 2 aromatic heterocycles. The molecule has 40 heavy (non-hydrogen) atoms. The molecule has 0 bridgehead atoms. The Hall–Kier alpha value is -1.64. The quantitative estimate of drug-likeness (QED) is 0.190. The topological polar surface area (TPSA) is 138 Å². The van der Waals surface area contributed by atoms with Gasteiger partial charge in [-0.1, -0.05) is 60.3 Å². The van der Waals surface area contributed by atoms with Crippen molar-refractivity contribution in [3.8, 4) is 11.5 Å². The van der Waals surface area contributed by atoms with E-state index < -0.39 is 5.56 Å². The van der Waals surface area contributed by atoms with Crippen LogP contribution in [0.3, 0.4) is 0 Å². The standard InChI is InChI=1S/C13H15Cl2N3O2.C11H11Cl2N3O2.2BrH/c1-3-18(4-2)6-9-16-11-10(13(20)17-9)7(14)5-8(15)12(11)19;1-16(2)4-7-14-9-8(11(18)15-7)5(12)3-6(13)10(9)17;;/h5,19H,3-4,6H2,1-2H3,(H,16,17,20);3,17H,4H2,1-2H3,(H,14,15,18);2*1H. The van der Waals surface area contributed by atoms with Gasteiger partial charge in [-0.3, -0.25) is 14.5 Å². The summed E-state index contributed by atoms with van der Waals surface area (Å²) in [7, 11) is 3.68. The molecular formula is C24H28Br2Cl4N6O4. The summed E-state index contributed by atoms with van der Waals surface area (Å²) in [6, 6.07) is 2.66. The van der Waals surface area contributed by atoms with E-state index >= 15 is 0 Å². The van der Waals surface area contributed by atoms with Gasteiger partial charge in [-0.05, 0) is 39.3 Å². The normalized spacial score (nSPS) is 10.8. The maximum Gasteiger partial charge on any atom is 0.260 e. The zero-order valence-electron chi connectivity index (χ0n) is 21.8. The maximum absolute atomic E-state index is 12.1. The van der Waals surface area contributed by atoms with Gasteiger partial charge in [0.15, 0.2) is 11.5 Å². The van der Waals surface area contributed by atoms with Gasteiger partial charge in [-0.2, -0.15) is 0 Å². The average Bonchev–Trinajstić information content (AvgIpc) is 2.83. The number of aromatic amines is 2. The van der Waals surface area contributed by atoms with E-state index in [2.05, 4.69) is 24.8 Å². The highest BCUT2D eigenvalue weighted by atomic mass is 79.9. The molecule has 16 heteroatoms. The van der Waals surface area contributed by atoms with E-state index in [4.69, 9.17) is 46.4 Å². The number of aromatic hydroxyl groups is 2. The number of nitrogens with zero attached hydrogens (tertiary/aromatic N) is 4. The molecule has 0 aliphatic carbocycles. The van der Waals surface area contributed by atoms with Gasteiger partial charge >= 0.3 is 0 Å². The first kappa shape index (κ1) is 36.4. The first-order valence-electron chi connectivity index (χ1n) is 11.4. The number of hydrogen-bond donors (Lipinski definition) is 4. The molecule has 4 aromatic rings. The van der Waals surface area contributed by atoms with Crippen LogP contribution in [0.1, 0.15) is 25.5 Å². The second-order valence-corrected chi connectivity index (χ2v) is 10.2. The summed E-state index contributed by atoms with van der Waals surface area (Å²) in [6.45, 7) is 6.64. The molecule has 0 saturated carbocycles. The number of aromatic nitrogens is 4. The molecule has 0 aliphatic heterocycles. The number of phenolic OH excluding ortho intramolecular Hbond substituents is 2. The number of H-pyrrole nitrogens is 2. The van der Waals surface area contributed by atoms with Crippen LogP contribution in [0, 0.1) is 0 Å². The van der Waals surface area contributed by atoms with Crippen molar-refractivity contribution in [2.45, 2.75) is 26.9 Å². The third-order valence-corrected chi connectivity index (χ3v) is 6.73. The van der Waals surface area contributed by atoms with Gasteiger partial charge in [0.2, 0.25) is 0 Å². The van der Waals surface area contributed by atoms with E-state index in [1.807, 2.05) is 32.8 Å². The van der Waals surface area contributed by atoms with Gasteiger partial charge in [-0.25, -0.2) is 9.97 Å². The molecule has 220 valence electrons. The summed E-state index contributed by atoms with van der Waals surface area (Å²) in [4.78, 5) is 41.7. The molecule has 0 amide bonds. The second kappa shape index (κ2) is 15.5. The minimum atomic E-state index is -0.395. The molecule has 0 unspecified atom stereocenters. The number of halogens is 6. The van der Waals surface area contributed by atoms with Crippen molar-refractivity contribution in [1.29, 1.82) is 0 Å². The molecule has 0 saturated heterocycles. The van der Waals surface area contributed by atoms with Crippen LogP contribution >= 0.6 is 80.4 Å². The van der Waals surface area contributed by atoms with Crippen LogP contribution in [-0.4, -0.2) is 67.1 Å². The molecular weight excluding hydrogens is 738 g/mol. The fourth-order valence-corrected chi connectivity index (χ4v) is 4.74. The summed E-state index contributed by atoms with van der Waals surface area (Å²) in [6.07, 6.45) is 0. The molecule has 2 heterocycles. The van der Waals surface area contributed by atoms with Gasteiger partial charge in [0.25, 0.3) is 11.1 Å². The fourth-order valence-electron chi connectivity index (χ4n) is 3.66. The molecule has 0 aliphatic rings. The molecule has 0 spiro atoms. The predicted octanol–water partition coefficient (Wildman–Crippen LogP) is 5.93. The summed E-state index contributed by atoms with van der Waals surface area (Å²) < 4.78 is 0. The monoisotopic (exact) mass is 762 g/mol. The van der Waals surface area contributed by atoms with Gasteiger partial charge in [0.1, 0.15) is 22.7 Å². The number of fused-ring (bicyclic) bond motifs is 2. The summed E-state index contributed by atoms with van der Waals surface area (Å²) in [5.74, 6) is 0.450. The lowest BCUT2D eigenvalue weighted by Gasteiger charge is -2.17. The highest BCUT2D eigenvalue weighted by Crippen LogP contribution is 2.35. The zero-order chi connectivity index (χ0) is 28.3. The Bertz CT molecular complexity index is 1610. The zero-order valence-corrected chi connectivity index (χ0v) is 28.3. The SMILES string of the molecule is Br.Br.CCN(CC)Cc1nc2c(O)c(Cl)cc(Cl)c2c(=O)[nH]1.CN(C)Cc1nc2c(O)c(Cl)cc(Cl)c2c(=O)[nH]1. The van der Waals surface area contributed by atoms with E-state index in [-0.39, 0.29) is 92.9 Å². The molecule has 4 N–H and O–H groups in total. The molecule has 0 radical (unpaired) electrons. The van der Waals surface area contributed by atoms with Crippen LogP contribution in [-0.2, 0) is 13.1 Å². The van der Waals surface area contributed by atoms with Crippen LogP contribution in [0.15, 0.2) is 21.7 Å². The minimum Gasteiger partial charge on any atom is -0.504 e. The van der Waals surface area contributed by atoms with Crippen molar-refractivity contribution in [2.75, 3.05) is 27.2 Å². The predicted molar refractivity (Wildman–Crippen MR) is 173 cm³/mol. The van der Waals surface area contributed by atoms with E-state index in [1.54, 1.807) is 0 Å². The lowest BCUT2D eigenvalue weighted by atomic mass is 10.2. The number of phenols is 2. The van der Waals surface area contributed by atoms with Gasteiger partial charge in [0.05, 0.1) is 44.0 Å². The van der Waals surface area contributed by atoms with Crippen molar-refractivity contribution in [2.24, 2.45) is 0 Å². The average molecular weight is 766 g/mol. The Kier molecular flexibility index (Phi) is 14.1. The van der Waals surface area contributed by atoms with Crippen LogP contribution in [0.4, 0.5) is 0 Å². The molecule has 2 aromatic carbocycles. The van der Waals surface area contributed by atoms with E-state index in [9.17, 15) is 19.8 Å². The highest BCUT2D eigenvalue weighted by molar-refractivity contribution is 8.93. The number of benzene rings is 2. The van der Waals surface area contributed by atoms with Crippen LogP contribution in [0.5, 0.6) is 11.5 Å². The Morgan fingerprint density at radius 2 is 1.10 bits per heavy atom. The first-order chi connectivity index (χ1) is 17.9. The third-order valence-electron chi connectivity index (χ3n) is 5.56. The maximum atomic E-state index is 12.1. The summed E-state index contributed by atoms with van der Waals surface area (Å²) in [5.41, 5.74) is -0.524. The summed E-state index contributed by atoms with van der Waals surface area (Å²) in [5, 5.41) is 20.6. The van der Waals surface area contributed by atoms with Gasteiger partial charge in [-0.15, -0.1) is 34.0 Å². The molecule has 0 atom stereocenters. The number of nitrogens with one attached hydrogen (secondary N) is 2. The van der Waals surface area contributed by atoms with E-state index in [1.165, 1.54) is 12.1 Å². The van der Waals surface area contributed by atoms with Crippen LogP contribution in [0.2, 0.25) is 20.1 Å². The third kappa shape index (κ3) is 8.22. The highest BCUT2D eigenvalue weighted by Gasteiger charge is 2.17. The Morgan fingerprint density at radius 1 is 0.725 bits per heavy atom. The summed E-state index contributed by atoms with van der Waals surface area (Å²) >= 11 is 23.6. The van der Waals surface area contributed by atoms with E-state index in [0.717, 1.165) is 13.1 Å².